The number of benzene rings is 2. The van der Waals surface area contributed by atoms with Crippen LogP contribution in [0.4, 0.5) is 5.13 Å². The standard InChI is InChI=1S/C26H21ClN4O3S4/c1-13-23(37-14(2)28-13)21(32)19-20(16-6-10-18(35-3)11-7-16)31(24(34)22(19)33)25-29-30-26(38-25)36-12-15-4-8-17(27)9-5-15/h4-11,20,33H,12H2,1-3H3. The topological polar surface area (TPSA) is 96.3 Å². The van der Waals surface area contributed by atoms with Crippen LogP contribution < -0.4 is 4.90 Å². The van der Waals surface area contributed by atoms with Crippen LogP contribution in [0.15, 0.2) is 69.1 Å². The number of hydrogen-bond acceptors (Lipinski definition) is 10. The van der Waals surface area contributed by atoms with Gasteiger partial charge in [-0.25, -0.2) is 4.98 Å². The van der Waals surface area contributed by atoms with Crippen LogP contribution in [0, 0.1) is 13.8 Å². The molecule has 0 saturated carbocycles. The number of amides is 1. The van der Waals surface area contributed by atoms with Crippen molar-refractivity contribution >= 4 is 74.6 Å². The second-order valence-electron chi connectivity index (χ2n) is 8.36. The van der Waals surface area contributed by atoms with E-state index in [1.165, 1.54) is 39.3 Å². The molecule has 1 N–H and O–H groups in total. The SMILES string of the molecule is CSc1ccc(C2C(C(=O)c3sc(C)nc3C)=C(O)C(=O)N2c2nnc(SCc3ccc(Cl)cc3)s2)cc1. The maximum atomic E-state index is 13.7. The van der Waals surface area contributed by atoms with Crippen LogP contribution in [-0.2, 0) is 10.5 Å². The lowest BCUT2D eigenvalue weighted by Crippen LogP contribution is -2.31. The summed E-state index contributed by atoms with van der Waals surface area (Å²) in [4.78, 5) is 34.3. The Balaban J connectivity index is 1.50. The fraction of sp³-hybridized carbons (Fsp3) is 0.192. The quantitative estimate of drug-likeness (QED) is 0.130. The minimum atomic E-state index is -0.852. The van der Waals surface area contributed by atoms with Crippen LogP contribution >= 0.6 is 57.8 Å². The van der Waals surface area contributed by atoms with Crippen molar-refractivity contribution in [3.63, 3.8) is 0 Å². The highest BCUT2D eigenvalue weighted by molar-refractivity contribution is 8.00. The zero-order valence-electron chi connectivity index (χ0n) is 20.5. The smallest absolute Gasteiger partial charge is 0.296 e. The summed E-state index contributed by atoms with van der Waals surface area (Å²) in [7, 11) is 0. The zero-order chi connectivity index (χ0) is 27.0. The van der Waals surface area contributed by atoms with Gasteiger partial charge in [-0.15, -0.1) is 33.3 Å². The third kappa shape index (κ3) is 5.26. The van der Waals surface area contributed by atoms with Crippen molar-refractivity contribution in [2.45, 2.75) is 34.9 Å². The van der Waals surface area contributed by atoms with E-state index in [2.05, 4.69) is 15.2 Å². The van der Waals surface area contributed by atoms with E-state index in [0.29, 0.717) is 36.4 Å². The van der Waals surface area contributed by atoms with E-state index in [1.807, 2.05) is 61.7 Å². The van der Waals surface area contributed by atoms with Crippen LogP contribution in [0.1, 0.15) is 37.5 Å². The lowest BCUT2D eigenvalue weighted by Gasteiger charge is -2.24. The molecule has 0 radical (unpaired) electrons. The van der Waals surface area contributed by atoms with Crippen molar-refractivity contribution < 1.29 is 14.7 Å². The van der Waals surface area contributed by atoms with Crippen LogP contribution in [0.3, 0.4) is 0 Å². The van der Waals surface area contributed by atoms with E-state index >= 15 is 0 Å². The average Bonchev–Trinajstić information content (AvgIpc) is 3.59. The molecule has 1 atom stereocenters. The molecule has 5 rings (SSSR count). The zero-order valence-corrected chi connectivity index (χ0v) is 24.5. The van der Waals surface area contributed by atoms with E-state index in [1.54, 1.807) is 18.7 Å². The molecule has 1 unspecified atom stereocenters. The molecule has 0 fully saturated rings. The number of aliphatic hydroxyl groups excluding tert-OH is 1. The number of nitrogens with zero attached hydrogens (tertiary/aromatic N) is 4. The summed E-state index contributed by atoms with van der Waals surface area (Å²) >= 11 is 11.5. The first kappa shape index (κ1) is 26.9. The van der Waals surface area contributed by atoms with Gasteiger partial charge in [0.15, 0.2) is 10.1 Å². The minimum absolute atomic E-state index is 0.0178. The normalized spacial score (nSPS) is 15.5. The van der Waals surface area contributed by atoms with Crippen molar-refractivity contribution in [3.8, 4) is 0 Å². The lowest BCUT2D eigenvalue weighted by molar-refractivity contribution is -0.117. The molecular weight excluding hydrogens is 580 g/mol. The number of ketones is 1. The van der Waals surface area contributed by atoms with E-state index in [-0.39, 0.29) is 5.57 Å². The third-order valence-electron chi connectivity index (χ3n) is 5.87. The summed E-state index contributed by atoms with van der Waals surface area (Å²) in [5, 5.41) is 21.3. The summed E-state index contributed by atoms with van der Waals surface area (Å²) in [6, 6.07) is 14.3. The molecule has 38 heavy (non-hydrogen) atoms. The van der Waals surface area contributed by atoms with Crippen LogP contribution in [0.5, 0.6) is 0 Å². The molecule has 2 aromatic heterocycles. The van der Waals surface area contributed by atoms with Crippen molar-refractivity contribution in [2.24, 2.45) is 0 Å². The number of thioether (sulfide) groups is 2. The fourth-order valence-electron chi connectivity index (χ4n) is 4.08. The number of thiazole rings is 1. The molecule has 1 aliphatic rings. The Morgan fingerprint density at radius 1 is 1.08 bits per heavy atom. The first-order valence-electron chi connectivity index (χ1n) is 11.4. The minimum Gasteiger partial charge on any atom is -0.503 e. The number of aryl methyl sites for hydroxylation is 2. The average molecular weight is 601 g/mol. The number of hydrogen-bond donors (Lipinski definition) is 1. The number of anilines is 1. The molecule has 4 aromatic rings. The van der Waals surface area contributed by atoms with Crippen LogP contribution in [0.2, 0.25) is 5.02 Å². The Bertz CT molecular complexity index is 1550. The van der Waals surface area contributed by atoms with Gasteiger partial charge < -0.3 is 5.11 Å². The van der Waals surface area contributed by atoms with Gasteiger partial charge >= 0.3 is 0 Å². The molecule has 7 nitrogen and oxygen atoms in total. The van der Waals surface area contributed by atoms with Gasteiger partial charge in [0, 0.05) is 15.7 Å². The third-order valence-corrected chi connectivity index (χ3v) is 10.1. The van der Waals surface area contributed by atoms with Gasteiger partial charge in [-0.3, -0.25) is 14.5 Å². The molecule has 12 heteroatoms. The van der Waals surface area contributed by atoms with Crippen molar-refractivity contribution in [3.05, 3.63) is 91.6 Å². The van der Waals surface area contributed by atoms with E-state index < -0.39 is 23.5 Å². The number of halogens is 1. The van der Waals surface area contributed by atoms with Crippen molar-refractivity contribution in [1.29, 1.82) is 0 Å². The predicted octanol–water partition coefficient (Wildman–Crippen LogP) is 7.06. The van der Waals surface area contributed by atoms with Gasteiger partial charge in [0.25, 0.3) is 5.91 Å². The summed E-state index contributed by atoms with van der Waals surface area (Å²) in [5.41, 5.74) is 2.34. The van der Waals surface area contributed by atoms with Crippen LogP contribution in [0.25, 0.3) is 0 Å². The van der Waals surface area contributed by atoms with Gasteiger partial charge in [0.1, 0.15) is 0 Å². The largest absolute Gasteiger partial charge is 0.503 e. The molecular formula is C26H21ClN4O3S4. The molecule has 2 aromatic carbocycles. The summed E-state index contributed by atoms with van der Waals surface area (Å²) < 4.78 is 0.660. The maximum Gasteiger partial charge on any atom is 0.296 e. The van der Waals surface area contributed by atoms with E-state index in [0.717, 1.165) is 15.5 Å². The first-order chi connectivity index (χ1) is 18.3. The number of carbonyl (C=O) groups is 2. The second kappa shape index (κ2) is 11.2. The summed E-state index contributed by atoms with van der Waals surface area (Å²) in [5.74, 6) is -1.03. The number of Topliss-reactive ketones (excluding diaryl/α,β-unsaturated/α-hetero) is 1. The number of aromatic nitrogens is 3. The van der Waals surface area contributed by atoms with E-state index in [9.17, 15) is 14.7 Å². The van der Waals surface area contributed by atoms with Gasteiger partial charge in [-0.05, 0) is 55.5 Å². The van der Waals surface area contributed by atoms with Gasteiger partial charge in [-0.1, -0.05) is 59.0 Å². The van der Waals surface area contributed by atoms with Gasteiger partial charge in [-0.2, -0.15) is 0 Å². The Morgan fingerprint density at radius 3 is 2.42 bits per heavy atom. The Hall–Kier alpha value is -2.70. The first-order valence-corrected chi connectivity index (χ1v) is 15.6. The lowest BCUT2D eigenvalue weighted by atomic mass is 9.95. The molecule has 0 spiro atoms. The molecule has 0 aliphatic carbocycles. The van der Waals surface area contributed by atoms with E-state index in [4.69, 9.17) is 11.6 Å². The van der Waals surface area contributed by atoms with Crippen molar-refractivity contribution in [2.75, 3.05) is 11.2 Å². The molecule has 0 bridgehead atoms. The number of aliphatic hydroxyl groups is 1. The monoisotopic (exact) mass is 600 g/mol. The Labute approximate surface area is 241 Å². The Kier molecular flexibility index (Phi) is 7.92. The highest BCUT2D eigenvalue weighted by atomic mass is 35.5. The Morgan fingerprint density at radius 2 is 1.79 bits per heavy atom. The van der Waals surface area contributed by atoms with Gasteiger partial charge in [0.2, 0.25) is 10.9 Å². The molecule has 0 saturated heterocycles. The fourth-order valence-corrected chi connectivity index (χ4v) is 7.32. The number of carbonyl (C=O) groups excluding carboxylic acids is 2. The summed E-state index contributed by atoms with van der Waals surface area (Å²) in [6.45, 7) is 3.57. The molecule has 1 amide bonds. The van der Waals surface area contributed by atoms with Crippen molar-refractivity contribution in [1.82, 2.24) is 15.2 Å². The summed E-state index contributed by atoms with van der Waals surface area (Å²) in [6.07, 6.45) is 1.97. The molecule has 1 aliphatic heterocycles. The predicted molar refractivity (Wildman–Crippen MR) is 155 cm³/mol. The molecule has 3 heterocycles. The highest BCUT2D eigenvalue weighted by Gasteiger charge is 2.46. The molecule has 194 valence electrons. The number of rotatable bonds is 8. The maximum absolute atomic E-state index is 13.7. The van der Waals surface area contributed by atoms with Gasteiger partial charge in [0.05, 0.1) is 27.2 Å². The highest BCUT2D eigenvalue weighted by Crippen LogP contribution is 2.44. The van der Waals surface area contributed by atoms with Crippen LogP contribution in [-0.4, -0.2) is 38.2 Å². The second-order valence-corrected chi connectivity index (χ2v) is 13.1.